The number of nitrogens with zero attached hydrogens (tertiary/aromatic N) is 4. The van der Waals surface area contributed by atoms with Gasteiger partial charge in [-0.05, 0) is 31.6 Å². The van der Waals surface area contributed by atoms with Crippen LogP contribution >= 0.6 is 0 Å². The van der Waals surface area contributed by atoms with Crippen LogP contribution in [0.4, 0.5) is 0 Å². The van der Waals surface area contributed by atoms with E-state index in [9.17, 15) is 4.79 Å². The number of aromatic nitrogens is 3. The maximum absolute atomic E-state index is 12.7. The van der Waals surface area contributed by atoms with E-state index in [4.69, 9.17) is 9.05 Å². The Labute approximate surface area is 140 Å². The molecule has 0 N–H and O–H groups in total. The predicted octanol–water partition coefficient (Wildman–Crippen LogP) is 3.08. The fraction of sp³-hybridized carbons (Fsp3) is 0.647. The Morgan fingerprint density at radius 3 is 2.75 bits per heavy atom. The molecule has 0 spiro atoms. The lowest BCUT2D eigenvalue weighted by atomic mass is 9.97. The molecule has 1 atom stereocenters. The summed E-state index contributed by atoms with van der Waals surface area (Å²) in [6, 6.07) is 1.75. The van der Waals surface area contributed by atoms with Crippen molar-refractivity contribution in [2.24, 2.45) is 0 Å². The largest absolute Gasteiger partial charge is 0.351 e. The minimum absolute atomic E-state index is 0.106. The summed E-state index contributed by atoms with van der Waals surface area (Å²) >= 11 is 0. The summed E-state index contributed by atoms with van der Waals surface area (Å²) in [5.41, 5.74) is 0.805. The molecule has 24 heavy (non-hydrogen) atoms. The molecule has 7 nitrogen and oxygen atoms in total. The van der Waals surface area contributed by atoms with Gasteiger partial charge in [-0.15, -0.1) is 0 Å². The van der Waals surface area contributed by atoms with Gasteiger partial charge >= 0.3 is 0 Å². The van der Waals surface area contributed by atoms with Crippen molar-refractivity contribution in [2.45, 2.75) is 57.3 Å². The third-order valence-corrected chi connectivity index (χ3v) is 4.79. The van der Waals surface area contributed by atoms with Crippen molar-refractivity contribution in [1.82, 2.24) is 20.2 Å². The number of hydrogen-bond donors (Lipinski definition) is 0. The summed E-state index contributed by atoms with van der Waals surface area (Å²) in [6.45, 7) is 5.37. The van der Waals surface area contributed by atoms with E-state index in [0.29, 0.717) is 18.2 Å². The lowest BCUT2D eigenvalue weighted by molar-refractivity contribution is 0.0661. The van der Waals surface area contributed by atoms with Crippen LogP contribution < -0.4 is 0 Å². The summed E-state index contributed by atoms with van der Waals surface area (Å²) in [4.78, 5) is 19.0. The molecule has 2 aromatic rings. The molecule has 4 rings (SSSR count). The van der Waals surface area contributed by atoms with E-state index in [0.717, 1.165) is 49.6 Å². The first-order chi connectivity index (χ1) is 11.6. The van der Waals surface area contributed by atoms with Crippen LogP contribution in [0.3, 0.4) is 0 Å². The second kappa shape index (κ2) is 6.03. The summed E-state index contributed by atoms with van der Waals surface area (Å²) in [5, 5.41) is 8.11. The SMILES string of the molecule is CC(C)c1cc(C(=O)N2CCC[C@H](c3noc(C4CC4)n3)C2)on1. The van der Waals surface area contributed by atoms with Crippen molar-refractivity contribution in [3.63, 3.8) is 0 Å². The Morgan fingerprint density at radius 1 is 1.21 bits per heavy atom. The normalized spacial score (nSPS) is 21.5. The predicted molar refractivity (Wildman–Crippen MR) is 84.7 cm³/mol. The highest BCUT2D eigenvalue weighted by Gasteiger charge is 2.33. The topological polar surface area (TPSA) is 85.3 Å². The molecule has 0 aromatic carbocycles. The molecule has 0 unspecified atom stereocenters. The van der Waals surface area contributed by atoms with E-state index in [1.807, 2.05) is 18.7 Å². The van der Waals surface area contributed by atoms with E-state index in [1.54, 1.807) is 6.07 Å². The number of amides is 1. The van der Waals surface area contributed by atoms with Crippen molar-refractivity contribution in [3.8, 4) is 0 Å². The van der Waals surface area contributed by atoms with E-state index < -0.39 is 0 Å². The molecular weight excluding hydrogens is 308 g/mol. The van der Waals surface area contributed by atoms with Crippen LogP contribution in [0.15, 0.2) is 15.1 Å². The molecule has 2 fully saturated rings. The first-order valence-corrected chi connectivity index (χ1v) is 8.71. The highest BCUT2D eigenvalue weighted by atomic mass is 16.5. The lowest BCUT2D eigenvalue weighted by Gasteiger charge is -2.30. The minimum Gasteiger partial charge on any atom is -0.351 e. The van der Waals surface area contributed by atoms with Gasteiger partial charge in [0.1, 0.15) is 0 Å². The average Bonchev–Trinajstić information content (AvgIpc) is 3.13. The Hall–Kier alpha value is -2.18. The molecule has 1 saturated heterocycles. The van der Waals surface area contributed by atoms with Crippen LogP contribution in [0, 0.1) is 0 Å². The molecule has 2 aromatic heterocycles. The van der Waals surface area contributed by atoms with Crippen molar-refractivity contribution in [3.05, 3.63) is 29.2 Å². The van der Waals surface area contributed by atoms with Crippen molar-refractivity contribution in [1.29, 1.82) is 0 Å². The Bertz CT molecular complexity index is 732. The zero-order valence-electron chi connectivity index (χ0n) is 14.1. The third-order valence-electron chi connectivity index (χ3n) is 4.79. The Morgan fingerprint density at radius 2 is 2.04 bits per heavy atom. The van der Waals surface area contributed by atoms with Crippen molar-refractivity contribution < 1.29 is 13.8 Å². The standard InChI is InChI=1S/C17H22N4O3/c1-10(2)13-8-14(23-19-13)17(22)21-7-3-4-12(9-21)15-18-16(24-20-15)11-5-6-11/h8,10-12H,3-7,9H2,1-2H3/t12-/m0/s1. The maximum atomic E-state index is 12.7. The van der Waals surface area contributed by atoms with E-state index in [1.165, 1.54) is 0 Å². The molecule has 128 valence electrons. The quantitative estimate of drug-likeness (QED) is 0.856. The van der Waals surface area contributed by atoms with Gasteiger partial charge in [-0.2, -0.15) is 4.98 Å². The second-order valence-electron chi connectivity index (χ2n) is 7.13. The highest BCUT2D eigenvalue weighted by Crippen LogP contribution is 2.39. The molecule has 3 heterocycles. The summed E-state index contributed by atoms with van der Waals surface area (Å²) in [6.07, 6.45) is 4.18. The van der Waals surface area contributed by atoms with Crippen LogP contribution in [0.1, 0.15) is 85.2 Å². The number of rotatable bonds is 4. The van der Waals surface area contributed by atoms with Crippen LogP contribution in [-0.2, 0) is 0 Å². The molecule has 1 amide bonds. The van der Waals surface area contributed by atoms with Gasteiger partial charge in [0.05, 0.1) is 5.69 Å². The summed E-state index contributed by atoms with van der Waals surface area (Å²) in [5.74, 6) is 2.52. The van der Waals surface area contributed by atoms with Crippen LogP contribution in [0.2, 0.25) is 0 Å². The molecule has 2 aliphatic rings. The number of carbonyl (C=O) groups excluding carboxylic acids is 1. The third kappa shape index (κ3) is 2.95. The van der Waals surface area contributed by atoms with Gasteiger partial charge in [0.25, 0.3) is 5.91 Å². The molecule has 1 saturated carbocycles. The molecule has 0 bridgehead atoms. The summed E-state index contributed by atoms with van der Waals surface area (Å²) in [7, 11) is 0. The van der Waals surface area contributed by atoms with Gasteiger partial charge in [-0.3, -0.25) is 4.79 Å². The molecule has 0 radical (unpaired) electrons. The van der Waals surface area contributed by atoms with Crippen molar-refractivity contribution in [2.75, 3.05) is 13.1 Å². The van der Waals surface area contributed by atoms with Gasteiger partial charge in [-0.25, -0.2) is 0 Å². The zero-order chi connectivity index (χ0) is 16.7. The van der Waals surface area contributed by atoms with Gasteiger partial charge < -0.3 is 13.9 Å². The monoisotopic (exact) mass is 330 g/mol. The number of carbonyl (C=O) groups is 1. The second-order valence-corrected chi connectivity index (χ2v) is 7.13. The molecular formula is C17H22N4O3. The van der Waals surface area contributed by atoms with E-state index >= 15 is 0 Å². The smallest absolute Gasteiger partial charge is 0.292 e. The van der Waals surface area contributed by atoms with Crippen LogP contribution in [0.25, 0.3) is 0 Å². The summed E-state index contributed by atoms with van der Waals surface area (Å²) < 4.78 is 10.6. The van der Waals surface area contributed by atoms with E-state index in [2.05, 4.69) is 15.3 Å². The molecule has 1 aliphatic carbocycles. The minimum atomic E-state index is -0.106. The Kier molecular flexibility index (Phi) is 3.86. The van der Waals surface area contributed by atoms with Gasteiger partial charge in [0, 0.05) is 31.0 Å². The number of piperidine rings is 1. The van der Waals surface area contributed by atoms with Crippen LogP contribution in [-0.4, -0.2) is 39.2 Å². The van der Waals surface area contributed by atoms with Crippen LogP contribution in [0.5, 0.6) is 0 Å². The number of hydrogen-bond acceptors (Lipinski definition) is 6. The number of likely N-dealkylation sites (tertiary alicyclic amines) is 1. The fourth-order valence-electron chi connectivity index (χ4n) is 3.10. The average molecular weight is 330 g/mol. The highest BCUT2D eigenvalue weighted by molar-refractivity contribution is 5.91. The Balaban J connectivity index is 1.45. The first kappa shape index (κ1) is 15.4. The fourth-order valence-corrected chi connectivity index (χ4v) is 3.10. The molecule has 7 heteroatoms. The van der Waals surface area contributed by atoms with Crippen molar-refractivity contribution >= 4 is 5.91 Å². The van der Waals surface area contributed by atoms with Gasteiger partial charge in [0.15, 0.2) is 5.82 Å². The lowest BCUT2D eigenvalue weighted by Crippen LogP contribution is -2.39. The van der Waals surface area contributed by atoms with Gasteiger partial charge in [-0.1, -0.05) is 24.2 Å². The molecule has 1 aliphatic heterocycles. The van der Waals surface area contributed by atoms with Gasteiger partial charge in [0.2, 0.25) is 11.7 Å². The van der Waals surface area contributed by atoms with E-state index in [-0.39, 0.29) is 17.7 Å². The zero-order valence-corrected chi connectivity index (χ0v) is 14.1. The first-order valence-electron chi connectivity index (χ1n) is 8.71. The maximum Gasteiger partial charge on any atom is 0.292 e.